The molecular weight excluding hydrogens is 299 g/mol. The highest BCUT2D eigenvalue weighted by Gasteiger charge is 2.34. The van der Waals surface area contributed by atoms with Crippen LogP contribution in [0.15, 0.2) is 24.3 Å². The van der Waals surface area contributed by atoms with Gasteiger partial charge in [-0.2, -0.15) is 13.2 Å². The summed E-state index contributed by atoms with van der Waals surface area (Å²) in [5, 5.41) is 2.56. The first-order valence-electron chi connectivity index (χ1n) is 6.98. The van der Waals surface area contributed by atoms with Crippen molar-refractivity contribution < 1.29 is 27.4 Å². The number of benzene rings is 1. The van der Waals surface area contributed by atoms with Crippen LogP contribution in [-0.2, 0) is 15.7 Å². The average molecular weight is 319 g/mol. The Hall–Kier alpha value is -1.76. The van der Waals surface area contributed by atoms with Gasteiger partial charge in [0.2, 0.25) is 0 Å². The molecule has 1 N–H and O–H groups in total. The molecule has 22 heavy (non-hydrogen) atoms. The summed E-state index contributed by atoms with van der Waals surface area (Å²) >= 11 is 0. The zero-order valence-corrected chi connectivity index (χ0v) is 12.6. The van der Waals surface area contributed by atoms with Crippen LogP contribution in [0.2, 0.25) is 0 Å². The Bertz CT molecular complexity index is 475. The Morgan fingerprint density at radius 2 is 1.95 bits per heavy atom. The highest BCUT2D eigenvalue weighted by atomic mass is 19.4. The van der Waals surface area contributed by atoms with Crippen LogP contribution >= 0.6 is 0 Å². The van der Waals surface area contributed by atoms with Gasteiger partial charge in [0.25, 0.3) is 5.91 Å². The van der Waals surface area contributed by atoms with E-state index in [9.17, 15) is 18.0 Å². The molecule has 0 saturated carbocycles. The van der Waals surface area contributed by atoms with Gasteiger partial charge in [-0.1, -0.05) is 12.1 Å². The Balaban J connectivity index is 2.36. The Labute approximate surface area is 127 Å². The molecule has 0 aliphatic rings. The van der Waals surface area contributed by atoms with E-state index in [0.29, 0.717) is 19.6 Å². The molecule has 0 aliphatic heterocycles. The number of nitrogens with one attached hydrogen (secondary N) is 1. The molecule has 1 rings (SSSR count). The van der Waals surface area contributed by atoms with Gasteiger partial charge in [-0.15, -0.1) is 0 Å². The van der Waals surface area contributed by atoms with Gasteiger partial charge in [-0.05, 0) is 32.4 Å². The van der Waals surface area contributed by atoms with E-state index in [1.807, 2.05) is 13.8 Å². The molecular formula is C15H20F3NO3. The molecule has 0 unspecified atom stereocenters. The molecule has 4 nitrogen and oxygen atoms in total. The fourth-order valence-electron chi connectivity index (χ4n) is 1.64. The van der Waals surface area contributed by atoms with Gasteiger partial charge in [-0.3, -0.25) is 4.79 Å². The SMILES string of the molecule is CC(C)OCCCNC(=O)COc1ccccc1C(F)(F)F. The molecule has 0 aromatic heterocycles. The van der Waals surface area contributed by atoms with E-state index in [2.05, 4.69) is 5.32 Å². The normalized spacial score (nSPS) is 11.5. The number of hydrogen-bond acceptors (Lipinski definition) is 3. The second kappa shape index (κ2) is 8.63. The van der Waals surface area contributed by atoms with Crippen molar-refractivity contribution in [1.82, 2.24) is 5.32 Å². The van der Waals surface area contributed by atoms with E-state index in [1.54, 1.807) is 0 Å². The molecule has 1 aromatic rings. The van der Waals surface area contributed by atoms with E-state index in [1.165, 1.54) is 18.2 Å². The Morgan fingerprint density at radius 3 is 2.59 bits per heavy atom. The molecule has 0 aliphatic carbocycles. The summed E-state index contributed by atoms with van der Waals surface area (Å²) in [6, 6.07) is 4.79. The van der Waals surface area contributed by atoms with Crippen molar-refractivity contribution in [1.29, 1.82) is 0 Å². The molecule has 1 aromatic carbocycles. The van der Waals surface area contributed by atoms with Crippen LogP contribution in [0.1, 0.15) is 25.8 Å². The molecule has 0 heterocycles. The van der Waals surface area contributed by atoms with Crippen LogP contribution in [0.3, 0.4) is 0 Å². The maximum atomic E-state index is 12.7. The predicted molar refractivity (Wildman–Crippen MR) is 75.7 cm³/mol. The van der Waals surface area contributed by atoms with Gasteiger partial charge in [0, 0.05) is 13.2 Å². The van der Waals surface area contributed by atoms with Crippen LogP contribution in [0.25, 0.3) is 0 Å². The average Bonchev–Trinajstić information content (AvgIpc) is 2.43. The number of ether oxygens (including phenoxy) is 2. The summed E-state index contributed by atoms with van der Waals surface area (Å²) in [6.07, 6.45) is -3.76. The highest BCUT2D eigenvalue weighted by molar-refractivity contribution is 5.77. The van der Waals surface area contributed by atoms with Crippen LogP contribution in [-0.4, -0.2) is 31.8 Å². The minimum absolute atomic E-state index is 0.123. The number of para-hydroxylation sites is 1. The van der Waals surface area contributed by atoms with Gasteiger partial charge in [0.1, 0.15) is 5.75 Å². The summed E-state index contributed by atoms with van der Waals surface area (Å²) in [7, 11) is 0. The highest BCUT2D eigenvalue weighted by Crippen LogP contribution is 2.35. The monoisotopic (exact) mass is 319 g/mol. The number of halogens is 3. The molecule has 0 radical (unpaired) electrons. The maximum absolute atomic E-state index is 12.7. The van der Waals surface area contributed by atoms with Crippen molar-refractivity contribution in [3.8, 4) is 5.75 Å². The topological polar surface area (TPSA) is 47.6 Å². The first-order chi connectivity index (χ1) is 10.3. The maximum Gasteiger partial charge on any atom is 0.419 e. The fourth-order valence-corrected chi connectivity index (χ4v) is 1.64. The molecule has 0 fully saturated rings. The van der Waals surface area contributed by atoms with E-state index < -0.39 is 24.3 Å². The zero-order valence-electron chi connectivity index (χ0n) is 12.6. The Morgan fingerprint density at radius 1 is 1.27 bits per heavy atom. The second-order valence-corrected chi connectivity index (χ2v) is 4.91. The lowest BCUT2D eigenvalue weighted by Crippen LogP contribution is -2.30. The minimum Gasteiger partial charge on any atom is -0.483 e. The first-order valence-corrected chi connectivity index (χ1v) is 6.98. The molecule has 1 amide bonds. The number of alkyl halides is 3. The molecule has 0 saturated heterocycles. The summed E-state index contributed by atoms with van der Waals surface area (Å²) in [5.74, 6) is -0.824. The quantitative estimate of drug-likeness (QED) is 0.749. The van der Waals surface area contributed by atoms with Gasteiger partial charge >= 0.3 is 6.18 Å². The van der Waals surface area contributed by atoms with Gasteiger partial charge in [0.05, 0.1) is 11.7 Å². The number of carbonyl (C=O) groups is 1. The molecule has 0 spiro atoms. The minimum atomic E-state index is -4.51. The number of amides is 1. The van der Waals surface area contributed by atoms with Crippen molar-refractivity contribution in [3.63, 3.8) is 0 Å². The van der Waals surface area contributed by atoms with Crippen LogP contribution in [0, 0.1) is 0 Å². The van der Waals surface area contributed by atoms with Crippen LogP contribution in [0.4, 0.5) is 13.2 Å². The number of rotatable bonds is 8. The molecule has 0 bridgehead atoms. The van der Waals surface area contributed by atoms with Crippen LogP contribution in [0.5, 0.6) is 5.75 Å². The van der Waals surface area contributed by atoms with Gasteiger partial charge < -0.3 is 14.8 Å². The van der Waals surface area contributed by atoms with Crippen molar-refractivity contribution in [3.05, 3.63) is 29.8 Å². The second-order valence-electron chi connectivity index (χ2n) is 4.91. The van der Waals surface area contributed by atoms with Crippen molar-refractivity contribution in [2.24, 2.45) is 0 Å². The summed E-state index contributed by atoms with van der Waals surface area (Å²) in [5.41, 5.74) is -0.895. The third kappa shape index (κ3) is 6.80. The van der Waals surface area contributed by atoms with E-state index in [0.717, 1.165) is 6.07 Å². The lowest BCUT2D eigenvalue weighted by Gasteiger charge is -2.13. The Kier molecular flexibility index (Phi) is 7.17. The van der Waals surface area contributed by atoms with Crippen molar-refractivity contribution >= 4 is 5.91 Å². The molecule has 7 heteroatoms. The lowest BCUT2D eigenvalue weighted by atomic mass is 10.2. The first kappa shape index (κ1) is 18.3. The zero-order chi connectivity index (χ0) is 16.6. The van der Waals surface area contributed by atoms with E-state index in [-0.39, 0.29) is 11.9 Å². The third-order valence-corrected chi connectivity index (χ3v) is 2.65. The third-order valence-electron chi connectivity index (χ3n) is 2.65. The summed E-state index contributed by atoms with van der Waals surface area (Å²) < 4.78 is 48.4. The largest absolute Gasteiger partial charge is 0.483 e. The lowest BCUT2D eigenvalue weighted by molar-refractivity contribution is -0.139. The number of hydrogen-bond donors (Lipinski definition) is 1. The standard InChI is InChI=1S/C15H20F3NO3/c1-11(2)21-9-5-8-19-14(20)10-22-13-7-4-3-6-12(13)15(16,17)18/h3-4,6-7,11H,5,8-10H2,1-2H3,(H,19,20). The smallest absolute Gasteiger partial charge is 0.419 e. The predicted octanol–water partition coefficient (Wildman–Crippen LogP) is 3.02. The van der Waals surface area contributed by atoms with E-state index in [4.69, 9.17) is 9.47 Å². The van der Waals surface area contributed by atoms with Crippen molar-refractivity contribution in [2.75, 3.05) is 19.8 Å². The fraction of sp³-hybridized carbons (Fsp3) is 0.533. The van der Waals surface area contributed by atoms with Crippen molar-refractivity contribution in [2.45, 2.75) is 32.5 Å². The van der Waals surface area contributed by atoms with Gasteiger partial charge in [0.15, 0.2) is 6.61 Å². The molecule has 124 valence electrons. The van der Waals surface area contributed by atoms with E-state index >= 15 is 0 Å². The number of carbonyl (C=O) groups excluding carboxylic acids is 1. The van der Waals surface area contributed by atoms with Crippen LogP contribution < -0.4 is 10.1 Å². The molecule has 0 atom stereocenters. The summed E-state index contributed by atoms with van der Waals surface area (Å²) in [4.78, 5) is 11.5. The summed E-state index contributed by atoms with van der Waals surface area (Å²) in [6.45, 7) is 4.25. The van der Waals surface area contributed by atoms with Gasteiger partial charge in [-0.25, -0.2) is 0 Å².